The zero-order valence-electron chi connectivity index (χ0n) is 18.5. The minimum Gasteiger partial charge on any atom is -0.464 e. The maximum Gasteiger partial charge on any atom is 0.305 e. The first-order chi connectivity index (χ1) is 15.1. The Morgan fingerprint density at radius 1 is 1.16 bits per heavy atom. The van der Waals surface area contributed by atoms with Crippen molar-refractivity contribution < 1.29 is 9.53 Å². The summed E-state index contributed by atoms with van der Waals surface area (Å²) in [5.74, 6) is 1.97. The molecule has 1 aliphatic rings. The lowest BCUT2D eigenvalue weighted by molar-refractivity contribution is -0.144. The van der Waals surface area contributed by atoms with E-state index in [-0.39, 0.29) is 5.97 Å². The number of esters is 1. The lowest BCUT2D eigenvalue weighted by Crippen LogP contribution is -2.33. The number of ether oxygens (including phenoxy) is 1. The third-order valence-corrected chi connectivity index (χ3v) is 6.27. The number of piperidine rings is 1. The number of halogens is 2. The molecule has 0 radical (unpaired) electrons. The van der Waals surface area contributed by atoms with E-state index >= 15 is 0 Å². The number of nitrogens with zero attached hydrogens (tertiary/aromatic N) is 4. The number of hydrogen-bond donors (Lipinski definition) is 0. The monoisotopic (exact) mass is 468 g/mol. The van der Waals surface area contributed by atoms with Gasteiger partial charge in [-0.15, -0.1) is 23.2 Å². The number of fused-ring (bicyclic) bond motifs is 1. The molecular formula is C23H34Cl2N4O2. The molecule has 0 amide bonds. The molecule has 2 heterocycles. The third-order valence-electron chi connectivity index (χ3n) is 5.93. The molecule has 0 aliphatic carbocycles. The van der Waals surface area contributed by atoms with Gasteiger partial charge in [-0.25, -0.2) is 4.98 Å². The van der Waals surface area contributed by atoms with Crippen molar-refractivity contribution in [1.29, 1.82) is 0 Å². The molecule has 31 heavy (non-hydrogen) atoms. The smallest absolute Gasteiger partial charge is 0.305 e. The molecule has 1 fully saturated rings. The molecule has 172 valence electrons. The summed E-state index contributed by atoms with van der Waals surface area (Å²) in [7, 11) is 2.02. The van der Waals surface area contributed by atoms with Crippen LogP contribution in [0.5, 0.6) is 0 Å². The Bertz CT molecular complexity index is 830. The van der Waals surface area contributed by atoms with E-state index in [4.69, 9.17) is 32.9 Å². The van der Waals surface area contributed by atoms with Gasteiger partial charge in [-0.05, 0) is 50.6 Å². The maximum atomic E-state index is 12.1. The van der Waals surface area contributed by atoms with Gasteiger partial charge in [-0.1, -0.05) is 6.42 Å². The molecule has 0 saturated carbocycles. The van der Waals surface area contributed by atoms with Crippen molar-refractivity contribution in [3.8, 4) is 0 Å². The van der Waals surface area contributed by atoms with Gasteiger partial charge in [0.25, 0.3) is 0 Å². The molecule has 6 nitrogen and oxygen atoms in total. The van der Waals surface area contributed by atoms with E-state index in [0.29, 0.717) is 24.8 Å². The summed E-state index contributed by atoms with van der Waals surface area (Å²) in [6.45, 7) is 5.10. The van der Waals surface area contributed by atoms with E-state index in [1.807, 2.05) is 7.05 Å². The van der Waals surface area contributed by atoms with Gasteiger partial charge in [0, 0.05) is 57.0 Å². The van der Waals surface area contributed by atoms with E-state index in [1.54, 1.807) is 0 Å². The Balaban J connectivity index is 1.49. The number of carbonyl (C=O) groups is 1. The molecule has 0 unspecified atom stereocenters. The number of rotatable bonds is 12. The molecule has 1 aliphatic heterocycles. The van der Waals surface area contributed by atoms with Gasteiger partial charge >= 0.3 is 5.97 Å². The summed E-state index contributed by atoms with van der Waals surface area (Å²) in [6, 6.07) is 6.27. The second kappa shape index (κ2) is 12.5. The van der Waals surface area contributed by atoms with Crippen molar-refractivity contribution in [2.45, 2.75) is 38.5 Å². The molecule has 1 aromatic carbocycles. The highest BCUT2D eigenvalue weighted by molar-refractivity contribution is 6.18. The average Bonchev–Trinajstić information content (AvgIpc) is 3.09. The Kier molecular flexibility index (Phi) is 9.75. The summed E-state index contributed by atoms with van der Waals surface area (Å²) < 4.78 is 7.53. The number of aromatic nitrogens is 2. The van der Waals surface area contributed by atoms with Crippen LogP contribution in [0.1, 0.15) is 37.9 Å². The Morgan fingerprint density at radius 3 is 2.61 bits per heavy atom. The molecule has 2 aromatic rings. The van der Waals surface area contributed by atoms with Crippen LogP contribution in [0.4, 0.5) is 5.69 Å². The van der Waals surface area contributed by atoms with Gasteiger partial charge in [0.2, 0.25) is 0 Å². The van der Waals surface area contributed by atoms with Crippen molar-refractivity contribution in [2.75, 3.05) is 56.0 Å². The summed E-state index contributed by atoms with van der Waals surface area (Å²) >= 11 is 11.9. The van der Waals surface area contributed by atoms with Crippen LogP contribution in [-0.2, 0) is 23.0 Å². The van der Waals surface area contributed by atoms with Crippen molar-refractivity contribution in [3.05, 3.63) is 24.0 Å². The number of hydrogen-bond acceptors (Lipinski definition) is 5. The highest BCUT2D eigenvalue weighted by atomic mass is 35.5. The standard InChI is InChI=1S/C23H34Cl2N4O2/c1-27-21-9-8-19(29(14-10-24)15-11-25)18-20(21)26-22(27)6-5-7-23(30)31-17-16-28-12-3-2-4-13-28/h8-9,18H,2-7,10-17H2,1H3. The first-order valence-electron chi connectivity index (χ1n) is 11.3. The van der Waals surface area contributed by atoms with Gasteiger partial charge < -0.3 is 14.2 Å². The lowest BCUT2D eigenvalue weighted by Gasteiger charge is -2.25. The number of aryl methyl sites for hydroxylation is 2. The molecule has 0 bridgehead atoms. The molecule has 8 heteroatoms. The first-order valence-corrected chi connectivity index (χ1v) is 12.4. The summed E-state index contributed by atoms with van der Waals surface area (Å²) in [4.78, 5) is 21.4. The van der Waals surface area contributed by atoms with Crippen LogP contribution in [-0.4, -0.2) is 71.5 Å². The average molecular weight is 469 g/mol. The SMILES string of the molecule is Cn1c(CCCC(=O)OCCN2CCCCC2)nc2cc(N(CCCl)CCCl)ccc21. The van der Waals surface area contributed by atoms with Crippen LogP contribution in [0.15, 0.2) is 18.2 Å². The van der Waals surface area contributed by atoms with Crippen LogP contribution in [0, 0.1) is 0 Å². The van der Waals surface area contributed by atoms with Crippen LogP contribution >= 0.6 is 23.2 Å². The quantitative estimate of drug-likeness (QED) is 0.344. The van der Waals surface area contributed by atoms with Crippen molar-refractivity contribution in [1.82, 2.24) is 14.5 Å². The fourth-order valence-electron chi connectivity index (χ4n) is 4.17. The number of anilines is 1. The van der Waals surface area contributed by atoms with Crippen molar-refractivity contribution in [2.24, 2.45) is 7.05 Å². The van der Waals surface area contributed by atoms with E-state index in [9.17, 15) is 4.79 Å². The normalized spacial score (nSPS) is 14.8. The van der Waals surface area contributed by atoms with E-state index in [0.717, 1.165) is 68.1 Å². The van der Waals surface area contributed by atoms with Gasteiger partial charge in [-0.3, -0.25) is 9.69 Å². The molecule has 0 N–H and O–H groups in total. The molecule has 3 rings (SSSR count). The van der Waals surface area contributed by atoms with Crippen LogP contribution in [0.2, 0.25) is 0 Å². The summed E-state index contributed by atoms with van der Waals surface area (Å²) in [5, 5.41) is 0. The Morgan fingerprint density at radius 2 is 1.90 bits per heavy atom. The van der Waals surface area contributed by atoms with Crippen molar-refractivity contribution in [3.63, 3.8) is 0 Å². The fraction of sp³-hybridized carbons (Fsp3) is 0.652. The van der Waals surface area contributed by atoms with Crippen LogP contribution in [0.3, 0.4) is 0 Å². The van der Waals surface area contributed by atoms with Crippen molar-refractivity contribution >= 4 is 45.9 Å². The summed E-state index contributed by atoms with van der Waals surface area (Å²) in [5.41, 5.74) is 3.11. The topological polar surface area (TPSA) is 50.6 Å². The van der Waals surface area contributed by atoms with E-state index < -0.39 is 0 Å². The predicted molar refractivity (Wildman–Crippen MR) is 129 cm³/mol. The Hall–Kier alpha value is -1.50. The van der Waals surface area contributed by atoms with Gasteiger partial charge in [0.05, 0.1) is 11.0 Å². The highest BCUT2D eigenvalue weighted by Crippen LogP contribution is 2.23. The number of carbonyl (C=O) groups excluding carboxylic acids is 1. The lowest BCUT2D eigenvalue weighted by atomic mass is 10.1. The minimum atomic E-state index is -0.115. The second-order valence-electron chi connectivity index (χ2n) is 8.10. The molecule has 1 aromatic heterocycles. The van der Waals surface area contributed by atoms with Gasteiger partial charge in [0.1, 0.15) is 12.4 Å². The number of likely N-dealkylation sites (tertiary alicyclic amines) is 1. The molecule has 0 atom stereocenters. The zero-order chi connectivity index (χ0) is 22.1. The number of imidazole rings is 1. The molecular weight excluding hydrogens is 435 g/mol. The number of alkyl halides is 2. The number of benzene rings is 1. The first kappa shape index (κ1) is 24.1. The molecule has 1 saturated heterocycles. The Labute approximate surface area is 195 Å². The fourth-order valence-corrected chi connectivity index (χ4v) is 4.58. The van der Waals surface area contributed by atoms with Gasteiger partial charge in [0.15, 0.2) is 0 Å². The largest absolute Gasteiger partial charge is 0.464 e. The molecule has 0 spiro atoms. The third kappa shape index (κ3) is 6.99. The van der Waals surface area contributed by atoms with E-state index in [2.05, 4.69) is 32.6 Å². The maximum absolute atomic E-state index is 12.1. The highest BCUT2D eigenvalue weighted by Gasteiger charge is 2.13. The predicted octanol–water partition coefficient (Wildman–Crippen LogP) is 4.21. The van der Waals surface area contributed by atoms with E-state index in [1.165, 1.54) is 19.3 Å². The van der Waals surface area contributed by atoms with Crippen LogP contribution in [0.25, 0.3) is 11.0 Å². The zero-order valence-corrected chi connectivity index (χ0v) is 20.0. The summed E-state index contributed by atoms with van der Waals surface area (Å²) in [6.07, 6.45) is 5.73. The minimum absolute atomic E-state index is 0.115. The van der Waals surface area contributed by atoms with Gasteiger partial charge in [-0.2, -0.15) is 0 Å². The van der Waals surface area contributed by atoms with Crippen LogP contribution < -0.4 is 4.90 Å². The second-order valence-corrected chi connectivity index (χ2v) is 8.86.